The molecule has 0 bridgehead atoms. The van der Waals surface area contributed by atoms with E-state index in [1.807, 2.05) is 24.4 Å². The van der Waals surface area contributed by atoms with Crippen molar-refractivity contribution in [1.82, 2.24) is 4.57 Å². The van der Waals surface area contributed by atoms with E-state index in [0.29, 0.717) is 24.6 Å². The van der Waals surface area contributed by atoms with Gasteiger partial charge in [-0.1, -0.05) is 48.3 Å². The molecule has 27 heavy (non-hydrogen) atoms. The second kappa shape index (κ2) is 7.24. The van der Waals surface area contributed by atoms with Crippen LogP contribution < -0.4 is 0 Å². The molecular weight excluding hydrogens is 419 g/mol. The van der Waals surface area contributed by atoms with Gasteiger partial charge in [-0.2, -0.15) is 0 Å². The summed E-state index contributed by atoms with van der Waals surface area (Å²) in [6.07, 6.45) is 4.65. The standard InChI is InChI=1S/C20H14Cl2N2OS2/c1-2-11-4-3-5-14-12(10-23-18(11)14)8-17-19(25)24(20(26)27-17)16-7-6-13(21)9-15(16)22/h3-10,25H,2H2,1H3. The SMILES string of the molecule is CCc1cccc2c1N=CC2=Cc1sc(=S)n(-c2ccc(Cl)cc2Cl)c1O. The molecule has 3 nitrogen and oxygen atoms in total. The van der Waals surface area contributed by atoms with Gasteiger partial charge in [0.05, 0.1) is 21.3 Å². The van der Waals surface area contributed by atoms with E-state index in [0.717, 1.165) is 23.2 Å². The maximum absolute atomic E-state index is 10.8. The van der Waals surface area contributed by atoms with E-state index >= 15 is 0 Å². The van der Waals surface area contributed by atoms with Gasteiger partial charge in [0.25, 0.3) is 0 Å². The number of para-hydroxylation sites is 1. The predicted molar refractivity (Wildman–Crippen MR) is 118 cm³/mol. The Morgan fingerprint density at radius 1 is 1.26 bits per heavy atom. The lowest BCUT2D eigenvalue weighted by molar-refractivity contribution is 0.441. The summed E-state index contributed by atoms with van der Waals surface area (Å²) in [5, 5.41) is 11.7. The molecule has 0 saturated carbocycles. The molecule has 2 heterocycles. The van der Waals surface area contributed by atoms with Crippen molar-refractivity contribution in [3.8, 4) is 11.6 Å². The number of aromatic hydroxyl groups is 1. The lowest BCUT2D eigenvalue weighted by Gasteiger charge is -2.07. The van der Waals surface area contributed by atoms with Gasteiger partial charge in [0, 0.05) is 22.4 Å². The third kappa shape index (κ3) is 3.25. The van der Waals surface area contributed by atoms with Crippen molar-refractivity contribution in [2.75, 3.05) is 0 Å². The minimum absolute atomic E-state index is 0.0511. The summed E-state index contributed by atoms with van der Waals surface area (Å²) in [5.41, 5.74) is 4.80. The van der Waals surface area contributed by atoms with Crippen LogP contribution in [0.3, 0.4) is 0 Å². The molecule has 0 radical (unpaired) electrons. The number of nitrogens with zero attached hydrogens (tertiary/aromatic N) is 2. The highest BCUT2D eigenvalue weighted by molar-refractivity contribution is 7.73. The summed E-state index contributed by atoms with van der Waals surface area (Å²) in [6, 6.07) is 11.2. The number of aliphatic imine (C=N–C) groups is 1. The molecule has 3 aromatic rings. The van der Waals surface area contributed by atoms with Crippen molar-refractivity contribution < 1.29 is 5.11 Å². The number of rotatable bonds is 3. The molecule has 0 fully saturated rings. The number of thiazole rings is 1. The van der Waals surface area contributed by atoms with Gasteiger partial charge in [0.2, 0.25) is 5.88 Å². The average molecular weight is 433 g/mol. The van der Waals surface area contributed by atoms with Gasteiger partial charge in [0.15, 0.2) is 3.95 Å². The number of allylic oxidation sites excluding steroid dienone is 1. The van der Waals surface area contributed by atoms with E-state index in [9.17, 15) is 5.11 Å². The van der Waals surface area contributed by atoms with Crippen LogP contribution in [0.5, 0.6) is 5.88 Å². The zero-order valence-electron chi connectivity index (χ0n) is 14.2. The topological polar surface area (TPSA) is 37.5 Å². The fraction of sp³-hybridized carbons (Fsp3) is 0.100. The molecule has 7 heteroatoms. The first-order chi connectivity index (χ1) is 13.0. The smallest absolute Gasteiger partial charge is 0.215 e. The minimum Gasteiger partial charge on any atom is -0.493 e. The second-order valence-corrected chi connectivity index (χ2v) is 8.53. The minimum atomic E-state index is 0.0511. The molecule has 0 aliphatic carbocycles. The Morgan fingerprint density at radius 2 is 2.07 bits per heavy atom. The van der Waals surface area contributed by atoms with Crippen molar-refractivity contribution in [2.45, 2.75) is 13.3 Å². The van der Waals surface area contributed by atoms with Crippen molar-refractivity contribution in [3.05, 3.63) is 66.4 Å². The Labute approximate surface area is 175 Å². The number of aryl methyl sites for hydroxylation is 1. The van der Waals surface area contributed by atoms with Gasteiger partial charge in [-0.25, -0.2) is 0 Å². The predicted octanol–water partition coefficient (Wildman–Crippen LogP) is 7.10. The molecule has 0 amide bonds. The maximum Gasteiger partial charge on any atom is 0.215 e. The van der Waals surface area contributed by atoms with E-state index < -0.39 is 0 Å². The Morgan fingerprint density at radius 3 is 2.81 bits per heavy atom. The fourth-order valence-electron chi connectivity index (χ4n) is 3.07. The van der Waals surface area contributed by atoms with Crippen molar-refractivity contribution in [1.29, 1.82) is 0 Å². The molecule has 0 spiro atoms. The summed E-state index contributed by atoms with van der Waals surface area (Å²) in [7, 11) is 0. The van der Waals surface area contributed by atoms with E-state index in [2.05, 4.69) is 18.0 Å². The lowest BCUT2D eigenvalue weighted by Crippen LogP contribution is -1.94. The molecule has 136 valence electrons. The van der Waals surface area contributed by atoms with E-state index in [1.165, 1.54) is 16.9 Å². The van der Waals surface area contributed by atoms with Crippen LogP contribution in [0.25, 0.3) is 17.3 Å². The average Bonchev–Trinajstić information content (AvgIpc) is 3.17. The van der Waals surface area contributed by atoms with Crippen LogP contribution in [-0.4, -0.2) is 15.9 Å². The van der Waals surface area contributed by atoms with Gasteiger partial charge in [0.1, 0.15) is 0 Å². The number of benzene rings is 2. The highest BCUT2D eigenvalue weighted by Crippen LogP contribution is 2.39. The summed E-state index contributed by atoms with van der Waals surface area (Å²) >= 11 is 19.0. The summed E-state index contributed by atoms with van der Waals surface area (Å²) in [4.78, 5) is 5.20. The number of hydrogen-bond acceptors (Lipinski definition) is 4. The van der Waals surface area contributed by atoms with Crippen LogP contribution in [0, 0.1) is 3.95 Å². The summed E-state index contributed by atoms with van der Waals surface area (Å²) in [6.45, 7) is 2.11. The van der Waals surface area contributed by atoms with E-state index in [-0.39, 0.29) is 5.88 Å². The number of fused-ring (bicyclic) bond motifs is 1. The van der Waals surface area contributed by atoms with Crippen LogP contribution in [0.1, 0.15) is 22.9 Å². The second-order valence-electron chi connectivity index (χ2n) is 6.01. The van der Waals surface area contributed by atoms with Crippen LogP contribution >= 0.6 is 46.8 Å². The third-order valence-electron chi connectivity index (χ3n) is 4.39. The highest BCUT2D eigenvalue weighted by Gasteiger charge is 2.18. The lowest BCUT2D eigenvalue weighted by atomic mass is 10.0. The molecule has 0 unspecified atom stereocenters. The normalized spacial score (nSPS) is 14.1. The third-order valence-corrected chi connectivity index (χ3v) is 6.24. The van der Waals surface area contributed by atoms with Gasteiger partial charge >= 0.3 is 0 Å². The van der Waals surface area contributed by atoms with Crippen LogP contribution in [-0.2, 0) is 6.42 Å². The molecule has 0 atom stereocenters. The molecule has 1 aliphatic heterocycles. The van der Waals surface area contributed by atoms with Crippen LogP contribution in [0.2, 0.25) is 10.0 Å². The number of aromatic nitrogens is 1. The Kier molecular flexibility index (Phi) is 4.95. The fourth-order valence-corrected chi connectivity index (χ4v) is 4.85. The zero-order chi connectivity index (χ0) is 19.1. The van der Waals surface area contributed by atoms with Crippen molar-refractivity contribution in [3.63, 3.8) is 0 Å². The first-order valence-corrected chi connectivity index (χ1v) is 10.3. The van der Waals surface area contributed by atoms with Crippen LogP contribution in [0.4, 0.5) is 5.69 Å². The van der Waals surface area contributed by atoms with E-state index in [1.54, 1.807) is 22.8 Å². The highest BCUT2D eigenvalue weighted by atomic mass is 35.5. The van der Waals surface area contributed by atoms with Crippen molar-refractivity contribution >= 4 is 70.3 Å². The van der Waals surface area contributed by atoms with Gasteiger partial charge in [-0.3, -0.25) is 9.56 Å². The van der Waals surface area contributed by atoms with Crippen LogP contribution in [0.15, 0.2) is 41.4 Å². The Hall–Kier alpha value is -1.92. The molecule has 4 rings (SSSR count). The number of halogens is 2. The quantitative estimate of drug-likeness (QED) is 0.448. The van der Waals surface area contributed by atoms with Crippen molar-refractivity contribution in [2.24, 2.45) is 4.99 Å². The molecule has 1 N–H and O–H groups in total. The van der Waals surface area contributed by atoms with Gasteiger partial charge < -0.3 is 5.11 Å². The van der Waals surface area contributed by atoms with Gasteiger partial charge in [-0.05, 0) is 48.5 Å². The van der Waals surface area contributed by atoms with Gasteiger partial charge in [-0.15, -0.1) is 11.3 Å². The molecule has 0 saturated heterocycles. The Bertz CT molecular complexity index is 1180. The first kappa shape index (κ1) is 18.4. The number of hydrogen-bond donors (Lipinski definition) is 1. The zero-order valence-corrected chi connectivity index (χ0v) is 17.4. The molecule has 1 aromatic heterocycles. The largest absolute Gasteiger partial charge is 0.493 e. The summed E-state index contributed by atoms with van der Waals surface area (Å²) < 4.78 is 2.06. The first-order valence-electron chi connectivity index (χ1n) is 8.28. The Balaban J connectivity index is 1.82. The monoisotopic (exact) mass is 432 g/mol. The molecular formula is C20H14Cl2N2OS2. The summed E-state index contributed by atoms with van der Waals surface area (Å²) in [5.74, 6) is 0.0511. The molecule has 1 aliphatic rings. The maximum atomic E-state index is 10.8. The molecule has 2 aromatic carbocycles. The van der Waals surface area contributed by atoms with E-state index in [4.69, 9.17) is 35.4 Å².